The molecular weight excluding hydrogens is 314 g/mol. The van der Waals surface area contributed by atoms with Crippen LogP contribution in [-0.4, -0.2) is 53.3 Å². The Bertz CT molecular complexity index is 582. The SMILES string of the molecule is NC(=O)[C@H]1CCCN1C1CCN(C(=O)c2ccc(Cl)cc2)CC1. The van der Waals surface area contributed by atoms with Crippen molar-refractivity contribution in [2.24, 2.45) is 5.73 Å². The maximum atomic E-state index is 12.5. The largest absolute Gasteiger partial charge is 0.368 e. The molecule has 23 heavy (non-hydrogen) atoms. The molecule has 2 fully saturated rings. The first kappa shape index (κ1) is 16.3. The lowest BCUT2D eigenvalue weighted by Gasteiger charge is -2.38. The molecule has 3 rings (SSSR count). The van der Waals surface area contributed by atoms with Gasteiger partial charge in [-0.3, -0.25) is 14.5 Å². The molecule has 2 N–H and O–H groups in total. The minimum absolute atomic E-state index is 0.0491. The van der Waals surface area contributed by atoms with Crippen LogP contribution in [0, 0.1) is 0 Å². The van der Waals surface area contributed by atoms with Crippen LogP contribution in [0.4, 0.5) is 0 Å². The molecule has 5 nitrogen and oxygen atoms in total. The number of hydrogen-bond donors (Lipinski definition) is 1. The van der Waals surface area contributed by atoms with E-state index in [4.69, 9.17) is 17.3 Å². The maximum absolute atomic E-state index is 12.5. The fraction of sp³-hybridized carbons (Fsp3) is 0.529. The van der Waals surface area contributed by atoms with Crippen LogP contribution in [0.1, 0.15) is 36.0 Å². The number of benzene rings is 1. The quantitative estimate of drug-likeness (QED) is 0.917. The summed E-state index contributed by atoms with van der Waals surface area (Å²) in [5.41, 5.74) is 6.17. The molecule has 0 unspecified atom stereocenters. The zero-order valence-electron chi connectivity index (χ0n) is 13.1. The Hall–Kier alpha value is -1.59. The van der Waals surface area contributed by atoms with Crippen LogP contribution >= 0.6 is 11.6 Å². The van der Waals surface area contributed by atoms with E-state index in [1.807, 2.05) is 4.90 Å². The first-order chi connectivity index (χ1) is 11.1. The molecule has 0 aromatic heterocycles. The molecule has 1 aromatic rings. The number of likely N-dealkylation sites (tertiary alicyclic amines) is 2. The molecule has 6 heteroatoms. The molecule has 1 atom stereocenters. The number of amides is 2. The van der Waals surface area contributed by atoms with Crippen molar-refractivity contribution in [1.82, 2.24) is 9.80 Å². The number of primary amides is 1. The predicted octanol–water partition coefficient (Wildman–Crippen LogP) is 1.89. The summed E-state index contributed by atoms with van der Waals surface area (Å²) in [4.78, 5) is 28.2. The number of hydrogen-bond acceptors (Lipinski definition) is 3. The van der Waals surface area contributed by atoms with Crippen molar-refractivity contribution in [2.75, 3.05) is 19.6 Å². The second kappa shape index (κ2) is 6.89. The molecule has 0 spiro atoms. The summed E-state index contributed by atoms with van der Waals surface area (Å²) in [6, 6.07) is 7.23. The standard InChI is InChI=1S/C17H22ClN3O2/c18-13-5-3-12(4-6-13)17(23)20-10-7-14(8-11-20)21-9-1-2-15(21)16(19)22/h3-6,14-15H,1-2,7-11H2,(H2,19,22)/t15-/m1/s1. The van der Waals surface area contributed by atoms with Crippen LogP contribution in [0.25, 0.3) is 0 Å². The fourth-order valence-electron chi connectivity index (χ4n) is 3.71. The van der Waals surface area contributed by atoms with Gasteiger partial charge in [-0.2, -0.15) is 0 Å². The lowest BCUT2D eigenvalue weighted by atomic mass is 10.0. The van der Waals surface area contributed by atoms with Crippen LogP contribution < -0.4 is 5.73 Å². The highest BCUT2D eigenvalue weighted by molar-refractivity contribution is 6.30. The Morgan fingerprint density at radius 3 is 2.30 bits per heavy atom. The van der Waals surface area contributed by atoms with Crippen molar-refractivity contribution in [2.45, 2.75) is 37.8 Å². The number of nitrogens with two attached hydrogens (primary N) is 1. The minimum atomic E-state index is -0.220. The summed E-state index contributed by atoms with van der Waals surface area (Å²) in [5, 5.41) is 0.631. The van der Waals surface area contributed by atoms with E-state index < -0.39 is 0 Å². The number of halogens is 1. The Kier molecular flexibility index (Phi) is 4.87. The number of carbonyl (C=O) groups excluding carboxylic acids is 2. The average molecular weight is 336 g/mol. The molecule has 0 bridgehead atoms. The number of piperidine rings is 1. The van der Waals surface area contributed by atoms with E-state index in [1.54, 1.807) is 24.3 Å². The number of carbonyl (C=O) groups is 2. The highest BCUT2D eigenvalue weighted by Crippen LogP contribution is 2.26. The van der Waals surface area contributed by atoms with Gasteiger partial charge in [0, 0.05) is 29.7 Å². The van der Waals surface area contributed by atoms with Crippen molar-refractivity contribution in [3.05, 3.63) is 34.9 Å². The van der Waals surface area contributed by atoms with E-state index in [1.165, 1.54) is 0 Å². The summed E-state index contributed by atoms with van der Waals surface area (Å²) in [7, 11) is 0. The summed E-state index contributed by atoms with van der Waals surface area (Å²) < 4.78 is 0. The van der Waals surface area contributed by atoms with E-state index >= 15 is 0 Å². The number of rotatable bonds is 3. The fourth-order valence-corrected chi connectivity index (χ4v) is 3.83. The molecule has 124 valence electrons. The number of nitrogens with zero attached hydrogens (tertiary/aromatic N) is 2. The molecular formula is C17H22ClN3O2. The molecule has 2 heterocycles. The molecule has 2 aliphatic heterocycles. The highest BCUT2D eigenvalue weighted by Gasteiger charge is 2.36. The van der Waals surface area contributed by atoms with Crippen molar-refractivity contribution in [1.29, 1.82) is 0 Å². The summed E-state index contributed by atoms with van der Waals surface area (Å²) in [5.74, 6) is -0.171. The molecule has 1 aromatic carbocycles. The van der Waals surface area contributed by atoms with E-state index in [0.29, 0.717) is 29.7 Å². The monoisotopic (exact) mass is 335 g/mol. The molecule has 0 aliphatic carbocycles. The van der Waals surface area contributed by atoms with Crippen molar-refractivity contribution < 1.29 is 9.59 Å². The third kappa shape index (κ3) is 3.51. The Labute approximate surface area is 141 Å². The van der Waals surface area contributed by atoms with Gasteiger partial charge in [0.25, 0.3) is 5.91 Å². The zero-order chi connectivity index (χ0) is 16.4. The Morgan fingerprint density at radius 1 is 1.04 bits per heavy atom. The third-order valence-electron chi connectivity index (χ3n) is 4.93. The van der Waals surface area contributed by atoms with Gasteiger partial charge < -0.3 is 10.6 Å². The van der Waals surface area contributed by atoms with E-state index in [0.717, 1.165) is 32.2 Å². The van der Waals surface area contributed by atoms with Gasteiger partial charge in [0.1, 0.15) is 0 Å². The Morgan fingerprint density at radius 2 is 1.70 bits per heavy atom. The predicted molar refractivity (Wildman–Crippen MR) is 89.3 cm³/mol. The van der Waals surface area contributed by atoms with E-state index in [9.17, 15) is 9.59 Å². The summed E-state index contributed by atoms with van der Waals surface area (Å²) >= 11 is 5.86. The topological polar surface area (TPSA) is 66.6 Å². The van der Waals surface area contributed by atoms with Gasteiger partial charge in [-0.15, -0.1) is 0 Å². The molecule has 2 aliphatic rings. The molecule has 0 saturated carbocycles. The summed E-state index contributed by atoms with van der Waals surface area (Å²) in [6.45, 7) is 2.37. The van der Waals surface area contributed by atoms with Gasteiger partial charge in [0.2, 0.25) is 5.91 Å². The second-order valence-corrected chi connectivity index (χ2v) is 6.76. The minimum Gasteiger partial charge on any atom is -0.368 e. The van der Waals surface area contributed by atoms with Gasteiger partial charge in [-0.25, -0.2) is 0 Å². The lowest BCUT2D eigenvalue weighted by molar-refractivity contribution is -0.123. The van der Waals surface area contributed by atoms with Gasteiger partial charge in [0.15, 0.2) is 0 Å². The van der Waals surface area contributed by atoms with Crippen molar-refractivity contribution >= 4 is 23.4 Å². The summed E-state index contributed by atoms with van der Waals surface area (Å²) in [6.07, 6.45) is 3.67. The first-order valence-corrected chi connectivity index (χ1v) is 8.54. The van der Waals surface area contributed by atoms with Crippen molar-refractivity contribution in [3.8, 4) is 0 Å². The van der Waals surface area contributed by atoms with Crippen LogP contribution in [0.2, 0.25) is 5.02 Å². The van der Waals surface area contributed by atoms with Crippen LogP contribution in [0.5, 0.6) is 0 Å². The van der Waals surface area contributed by atoms with E-state index in [2.05, 4.69) is 4.90 Å². The average Bonchev–Trinajstić information content (AvgIpc) is 3.05. The second-order valence-electron chi connectivity index (χ2n) is 6.33. The Balaban J connectivity index is 1.59. The first-order valence-electron chi connectivity index (χ1n) is 8.16. The third-order valence-corrected chi connectivity index (χ3v) is 5.19. The van der Waals surface area contributed by atoms with Gasteiger partial charge in [-0.1, -0.05) is 11.6 Å². The van der Waals surface area contributed by atoms with Crippen molar-refractivity contribution in [3.63, 3.8) is 0 Å². The smallest absolute Gasteiger partial charge is 0.253 e. The molecule has 2 amide bonds. The zero-order valence-corrected chi connectivity index (χ0v) is 13.8. The highest BCUT2D eigenvalue weighted by atomic mass is 35.5. The molecule has 0 radical (unpaired) electrons. The van der Waals surface area contributed by atoms with Crippen LogP contribution in [-0.2, 0) is 4.79 Å². The lowest BCUT2D eigenvalue weighted by Crippen LogP contribution is -2.51. The normalized spacial score (nSPS) is 23.2. The van der Waals surface area contributed by atoms with Gasteiger partial charge in [-0.05, 0) is 56.5 Å². The maximum Gasteiger partial charge on any atom is 0.253 e. The van der Waals surface area contributed by atoms with Crippen LogP contribution in [0.3, 0.4) is 0 Å². The van der Waals surface area contributed by atoms with E-state index in [-0.39, 0.29) is 17.9 Å². The van der Waals surface area contributed by atoms with Crippen LogP contribution in [0.15, 0.2) is 24.3 Å². The van der Waals surface area contributed by atoms with Gasteiger partial charge >= 0.3 is 0 Å². The molecule has 2 saturated heterocycles. The van der Waals surface area contributed by atoms with Gasteiger partial charge in [0.05, 0.1) is 6.04 Å².